The molecule has 2 aromatic rings. The van der Waals surface area contributed by atoms with Gasteiger partial charge in [0.1, 0.15) is 5.82 Å². The fraction of sp³-hybridized carbons (Fsp3) is 0.412. The minimum atomic E-state index is -0.256. The van der Waals surface area contributed by atoms with Gasteiger partial charge in [-0.1, -0.05) is 18.2 Å². The van der Waals surface area contributed by atoms with Crippen molar-refractivity contribution in [2.24, 2.45) is 0 Å². The maximum atomic E-state index is 13.5. The maximum Gasteiger partial charge on any atom is 0.220 e. The molecule has 0 aliphatic rings. The highest BCUT2D eigenvalue weighted by Crippen LogP contribution is 2.10. The smallest absolute Gasteiger partial charge is 0.220 e. The van der Waals surface area contributed by atoms with Crippen LogP contribution >= 0.6 is 0 Å². The molecule has 0 atom stereocenters. The van der Waals surface area contributed by atoms with Crippen molar-refractivity contribution in [3.05, 3.63) is 52.6 Å². The van der Waals surface area contributed by atoms with Gasteiger partial charge in [-0.15, -0.1) is 0 Å². The SMILES string of the molecule is Cc1nn(CCNC(=O)CCc2ccccc2F)c(C)c1C. The van der Waals surface area contributed by atoms with Crippen LogP contribution in [0.2, 0.25) is 0 Å². The normalized spacial score (nSPS) is 10.7. The molecule has 0 radical (unpaired) electrons. The van der Waals surface area contributed by atoms with E-state index in [0.717, 1.165) is 11.4 Å². The number of nitrogens with zero attached hydrogens (tertiary/aromatic N) is 2. The zero-order valence-corrected chi connectivity index (χ0v) is 13.3. The van der Waals surface area contributed by atoms with E-state index in [4.69, 9.17) is 0 Å². The largest absolute Gasteiger partial charge is 0.354 e. The minimum Gasteiger partial charge on any atom is -0.354 e. The van der Waals surface area contributed by atoms with Crippen molar-refractivity contribution in [2.75, 3.05) is 6.54 Å². The zero-order valence-electron chi connectivity index (χ0n) is 13.3. The summed E-state index contributed by atoms with van der Waals surface area (Å²) in [6.07, 6.45) is 0.703. The quantitative estimate of drug-likeness (QED) is 0.892. The first kappa shape index (κ1) is 16.2. The van der Waals surface area contributed by atoms with Gasteiger partial charge in [0.25, 0.3) is 0 Å². The lowest BCUT2D eigenvalue weighted by molar-refractivity contribution is -0.121. The Kier molecular flexibility index (Phi) is 5.31. The first-order valence-corrected chi connectivity index (χ1v) is 7.49. The first-order valence-electron chi connectivity index (χ1n) is 7.49. The standard InChI is InChI=1S/C17H22FN3O/c1-12-13(2)20-21(14(12)3)11-10-19-17(22)9-8-15-6-4-5-7-16(15)18/h4-7H,8-11H2,1-3H3,(H,19,22). The zero-order chi connectivity index (χ0) is 16.1. The molecule has 1 heterocycles. The maximum absolute atomic E-state index is 13.5. The summed E-state index contributed by atoms with van der Waals surface area (Å²) in [5.41, 5.74) is 3.90. The van der Waals surface area contributed by atoms with Crippen molar-refractivity contribution < 1.29 is 9.18 Å². The topological polar surface area (TPSA) is 46.9 Å². The molecule has 0 aliphatic heterocycles. The third-order valence-electron chi connectivity index (χ3n) is 3.97. The van der Waals surface area contributed by atoms with Gasteiger partial charge in [-0.25, -0.2) is 4.39 Å². The van der Waals surface area contributed by atoms with Crippen molar-refractivity contribution in [1.82, 2.24) is 15.1 Å². The number of aryl methyl sites for hydroxylation is 2. The summed E-state index contributed by atoms with van der Waals surface area (Å²) in [6.45, 7) is 7.21. The summed E-state index contributed by atoms with van der Waals surface area (Å²) in [5, 5.41) is 7.28. The molecule has 118 valence electrons. The number of nitrogens with one attached hydrogen (secondary N) is 1. The van der Waals surface area contributed by atoms with Crippen LogP contribution in [-0.2, 0) is 17.8 Å². The highest BCUT2D eigenvalue weighted by atomic mass is 19.1. The van der Waals surface area contributed by atoms with Gasteiger partial charge in [-0.05, 0) is 44.4 Å². The van der Waals surface area contributed by atoms with E-state index in [-0.39, 0.29) is 18.1 Å². The van der Waals surface area contributed by atoms with E-state index >= 15 is 0 Å². The molecule has 4 nitrogen and oxygen atoms in total. The van der Waals surface area contributed by atoms with Gasteiger partial charge in [0.2, 0.25) is 5.91 Å². The van der Waals surface area contributed by atoms with Crippen LogP contribution in [0.3, 0.4) is 0 Å². The number of amides is 1. The highest BCUT2D eigenvalue weighted by molar-refractivity contribution is 5.76. The Hall–Kier alpha value is -2.17. The molecule has 22 heavy (non-hydrogen) atoms. The van der Waals surface area contributed by atoms with Crippen LogP contribution in [-0.4, -0.2) is 22.2 Å². The van der Waals surface area contributed by atoms with E-state index in [1.54, 1.807) is 18.2 Å². The van der Waals surface area contributed by atoms with Gasteiger partial charge in [0, 0.05) is 18.7 Å². The third-order valence-corrected chi connectivity index (χ3v) is 3.97. The van der Waals surface area contributed by atoms with Crippen LogP contribution in [0.15, 0.2) is 24.3 Å². The van der Waals surface area contributed by atoms with Gasteiger partial charge in [-0.3, -0.25) is 9.48 Å². The molecule has 1 aromatic heterocycles. The van der Waals surface area contributed by atoms with Crippen molar-refractivity contribution in [3.8, 4) is 0 Å². The van der Waals surface area contributed by atoms with E-state index in [0.29, 0.717) is 25.1 Å². The molecular weight excluding hydrogens is 281 g/mol. The molecule has 0 spiro atoms. The van der Waals surface area contributed by atoms with Crippen LogP contribution in [0.25, 0.3) is 0 Å². The molecule has 0 aliphatic carbocycles. The molecule has 0 saturated carbocycles. The lowest BCUT2D eigenvalue weighted by Gasteiger charge is -2.07. The first-order chi connectivity index (χ1) is 10.5. The monoisotopic (exact) mass is 303 g/mol. The van der Waals surface area contributed by atoms with E-state index in [9.17, 15) is 9.18 Å². The number of rotatable bonds is 6. The molecule has 5 heteroatoms. The predicted octanol–water partition coefficient (Wildman–Crippen LogP) is 2.70. The molecule has 1 N–H and O–H groups in total. The number of hydrogen-bond donors (Lipinski definition) is 1. The number of halogens is 1. The fourth-order valence-corrected chi connectivity index (χ4v) is 2.34. The second-order valence-corrected chi connectivity index (χ2v) is 5.46. The Morgan fingerprint density at radius 1 is 1.27 bits per heavy atom. The Balaban J connectivity index is 1.76. The summed E-state index contributed by atoms with van der Waals surface area (Å²) < 4.78 is 15.4. The average molecular weight is 303 g/mol. The lowest BCUT2D eigenvalue weighted by atomic mass is 10.1. The average Bonchev–Trinajstić information content (AvgIpc) is 2.74. The van der Waals surface area contributed by atoms with Crippen LogP contribution in [0, 0.1) is 26.6 Å². The molecule has 1 aromatic carbocycles. The van der Waals surface area contributed by atoms with Crippen molar-refractivity contribution in [3.63, 3.8) is 0 Å². The Morgan fingerprint density at radius 3 is 2.64 bits per heavy atom. The van der Waals surface area contributed by atoms with Gasteiger partial charge in [-0.2, -0.15) is 5.10 Å². The summed E-state index contributed by atoms with van der Waals surface area (Å²) >= 11 is 0. The minimum absolute atomic E-state index is 0.0680. The van der Waals surface area contributed by atoms with Gasteiger partial charge in [0.05, 0.1) is 12.2 Å². The number of benzene rings is 1. The second-order valence-electron chi connectivity index (χ2n) is 5.46. The Labute approximate surface area is 130 Å². The molecule has 0 bridgehead atoms. The van der Waals surface area contributed by atoms with E-state index < -0.39 is 0 Å². The van der Waals surface area contributed by atoms with Crippen LogP contribution in [0.5, 0.6) is 0 Å². The highest BCUT2D eigenvalue weighted by Gasteiger charge is 2.08. The van der Waals surface area contributed by atoms with Crippen molar-refractivity contribution >= 4 is 5.91 Å². The second kappa shape index (κ2) is 7.20. The number of carbonyl (C=O) groups excluding carboxylic acids is 1. The van der Waals surface area contributed by atoms with E-state index in [1.807, 2.05) is 25.5 Å². The summed E-state index contributed by atoms with van der Waals surface area (Å²) in [5.74, 6) is -0.324. The number of carbonyl (C=O) groups is 1. The van der Waals surface area contributed by atoms with Crippen LogP contribution in [0.1, 0.15) is 28.9 Å². The summed E-state index contributed by atoms with van der Waals surface area (Å²) in [7, 11) is 0. The molecule has 1 amide bonds. The number of hydrogen-bond acceptors (Lipinski definition) is 2. The molecule has 0 fully saturated rings. The predicted molar refractivity (Wildman–Crippen MR) is 84.2 cm³/mol. The lowest BCUT2D eigenvalue weighted by Crippen LogP contribution is -2.28. The van der Waals surface area contributed by atoms with Gasteiger partial charge >= 0.3 is 0 Å². The van der Waals surface area contributed by atoms with Gasteiger partial charge < -0.3 is 5.32 Å². The summed E-state index contributed by atoms with van der Waals surface area (Å²) in [4.78, 5) is 11.8. The molecule has 2 rings (SSSR count). The number of aromatic nitrogens is 2. The van der Waals surface area contributed by atoms with Gasteiger partial charge in [0.15, 0.2) is 0 Å². The molecule has 0 saturated heterocycles. The summed E-state index contributed by atoms with van der Waals surface area (Å²) in [6, 6.07) is 6.55. The molecular formula is C17H22FN3O. The Bertz CT molecular complexity index is 664. The fourth-order valence-electron chi connectivity index (χ4n) is 2.34. The van der Waals surface area contributed by atoms with E-state index in [1.165, 1.54) is 11.6 Å². The van der Waals surface area contributed by atoms with Crippen molar-refractivity contribution in [2.45, 2.75) is 40.2 Å². The van der Waals surface area contributed by atoms with Crippen molar-refractivity contribution in [1.29, 1.82) is 0 Å². The van der Waals surface area contributed by atoms with E-state index in [2.05, 4.69) is 10.4 Å². The molecule has 0 unspecified atom stereocenters. The third kappa shape index (κ3) is 3.93. The van der Waals surface area contributed by atoms with Crippen LogP contribution in [0.4, 0.5) is 4.39 Å². The van der Waals surface area contributed by atoms with Crippen LogP contribution < -0.4 is 5.32 Å². The Morgan fingerprint density at radius 2 is 2.00 bits per heavy atom.